The van der Waals surface area contributed by atoms with Gasteiger partial charge in [0.2, 0.25) is 11.8 Å². The van der Waals surface area contributed by atoms with Crippen LogP contribution < -0.4 is 15.4 Å². The fourth-order valence-electron chi connectivity index (χ4n) is 3.36. The van der Waals surface area contributed by atoms with Crippen LogP contribution in [0.5, 0.6) is 5.75 Å². The summed E-state index contributed by atoms with van der Waals surface area (Å²) in [5, 5.41) is 5.60. The van der Waals surface area contributed by atoms with Gasteiger partial charge in [-0.05, 0) is 42.3 Å². The van der Waals surface area contributed by atoms with E-state index < -0.39 is 6.04 Å². The molecule has 1 heterocycles. The zero-order valence-corrected chi connectivity index (χ0v) is 16.5. The van der Waals surface area contributed by atoms with Gasteiger partial charge in [-0.15, -0.1) is 0 Å². The van der Waals surface area contributed by atoms with Crippen molar-refractivity contribution in [3.8, 4) is 5.75 Å². The number of rotatable bonds is 8. The SMILES string of the molecule is CCOc1ccc(CN2CCNC(=O)[C@H]2CC(=O)NCc2cccc(F)c2)cc1. The number of ether oxygens (including phenoxy) is 1. The Labute approximate surface area is 170 Å². The van der Waals surface area contributed by atoms with Crippen LogP contribution in [0.15, 0.2) is 48.5 Å². The summed E-state index contributed by atoms with van der Waals surface area (Å²) < 4.78 is 18.7. The van der Waals surface area contributed by atoms with E-state index in [9.17, 15) is 14.0 Å². The number of nitrogens with zero attached hydrogens (tertiary/aromatic N) is 1. The highest BCUT2D eigenvalue weighted by atomic mass is 19.1. The van der Waals surface area contributed by atoms with Gasteiger partial charge in [0.05, 0.1) is 19.1 Å². The van der Waals surface area contributed by atoms with Crippen molar-refractivity contribution >= 4 is 11.8 Å². The van der Waals surface area contributed by atoms with Gasteiger partial charge in [-0.25, -0.2) is 4.39 Å². The van der Waals surface area contributed by atoms with Crippen molar-refractivity contribution in [2.45, 2.75) is 32.5 Å². The molecule has 29 heavy (non-hydrogen) atoms. The highest BCUT2D eigenvalue weighted by Gasteiger charge is 2.31. The number of halogens is 1. The Morgan fingerprint density at radius 3 is 2.76 bits per heavy atom. The molecule has 0 saturated carbocycles. The van der Waals surface area contributed by atoms with Gasteiger partial charge in [0.1, 0.15) is 11.6 Å². The van der Waals surface area contributed by atoms with Gasteiger partial charge in [0, 0.05) is 26.2 Å². The number of nitrogens with one attached hydrogen (secondary N) is 2. The van der Waals surface area contributed by atoms with Crippen LogP contribution in [0.2, 0.25) is 0 Å². The standard InChI is InChI=1S/C22H26FN3O3/c1-2-29-19-8-6-16(7-9-19)15-26-11-10-24-22(28)20(26)13-21(27)25-14-17-4-3-5-18(23)12-17/h3-9,12,20H,2,10-11,13-15H2,1H3,(H,24,28)(H,25,27)/t20-/m1/s1. The van der Waals surface area contributed by atoms with Crippen LogP contribution in [0.1, 0.15) is 24.5 Å². The summed E-state index contributed by atoms with van der Waals surface area (Å²) >= 11 is 0. The van der Waals surface area contributed by atoms with Gasteiger partial charge >= 0.3 is 0 Å². The fourth-order valence-corrected chi connectivity index (χ4v) is 3.36. The number of carbonyl (C=O) groups excluding carboxylic acids is 2. The van der Waals surface area contributed by atoms with Gasteiger partial charge in [0.15, 0.2) is 0 Å². The minimum absolute atomic E-state index is 0.0537. The van der Waals surface area contributed by atoms with E-state index >= 15 is 0 Å². The Balaban J connectivity index is 1.58. The van der Waals surface area contributed by atoms with E-state index in [2.05, 4.69) is 10.6 Å². The molecule has 0 aliphatic carbocycles. The van der Waals surface area contributed by atoms with Crippen molar-refractivity contribution in [1.82, 2.24) is 15.5 Å². The molecular weight excluding hydrogens is 373 g/mol. The average Bonchev–Trinajstić information content (AvgIpc) is 2.71. The van der Waals surface area contributed by atoms with Crippen LogP contribution >= 0.6 is 0 Å². The van der Waals surface area contributed by atoms with E-state index in [1.54, 1.807) is 12.1 Å². The quantitative estimate of drug-likeness (QED) is 0.714. The number of carbonyl (C=O) groups is 2. The molecule has 2 N–H and O–H groups in total. The Bertz CT molecular complexity index is 841. The van der Waals surface area contributed by atoms with Crippen molar-refractivity contribution in [2.75, 3.05) is 19.7 Å². The molecule has 1 aliphatic rings. The van der Waals surface area contributed by atoms with Gasteiger partial charge < -0.3 is 15.4 Å². The number of benzene rings is 2. The molecule has 0 bridgehead atoms. The zero-order valence-electron chi connectivity index (χ0n) is 16.5. The first-order valence-electron chi connectivity index (χ1n) is 9.80. The van der Waals surface area contributed by atoms with Crippen LogP contribution in [0, 0.1) is 5.82 Å². The summed E-state index contributed by atoms with van der Waals surface area (Å²) in [4.78, 5) is 26.8. The second-order valence-corrected chi connectivity index (χ2v) is 6.97. The topological polar surface area (TPSA) is 70.7 Å². The van der Waals surface area contributed by atoms with Crippen molar-refractivity contribution in [3.63, 3.8) is 0 Å². The lowest BCUT2D eigenvalue weighted by Crippen LogP contribution is -2.56. The third kappa shape index (κ3) is 6.02. The summed E-state index contributed by atoms with van der Waals surface area (Å²) in [6.45, 7) is 4.56. The van der Waals surface area contributed by atoms with E-state index in [0.717, 1.165) is 11.3 Å². The average molecular weight is 399 g/mol. The summed E-state index contributed by atoms with van der Waals surface area (Å²) in [5.41, 5.74) is 1.73. The minimum Gasteiger partial charge on any atom is -0.494 e. The molecule has 1 saturated heterocycles. The molecule has 0 unspecified atom stereocenters. The molecule has 6 nitrogen and oxygen atoms in total. The maximum Gasteiger partial charge on any atom is 0.237 e. The molecule has 3 rings (SSSR count). The van der Waals surface area contributed by atoms with Gasteiger partial charge in [0.25, 0.3) is 0 Å². The van der Waals surface area contributed by atoms with Crippen LogP contribution in [0.3, 0.4) is 0 Å². The largest absolute Gasteiger partial charge is 0.494 e. The molecule has 2 amide bonds. The molecule has 0 spiro atoms. The second kappa shape index (κ2) is 10.0. The van der Waals surface area contributed by atoms with Crippen molar-refractivity contribution in [2.24, 2.45) is 0 Å². The fraction of sp³-hybridized carbons (Fsp3) is 0.364. The maximum atomic E-state index is 13.3. The van der Waals surface area contributed by atoms with Crippen molar-refractivity contribution in [1.29, 1.82) is 0 Å². The van der Waals surface area contributed by atoms with E-state index in [1.807, 2.05) is 36.1 Å². The molecule has 1 atom stereocenters. The Kier molecular flexibility index (Phi) is 7.19. The van der Waals surface area contributed by atoms with Crippen molar-refractivity contribution < 1.29 is 18.7 Å². The lowest BCUT2D eigenvalue weighted by Gasteiger charge is -2.34. The van der Waals surface area contributed by atoms with E-state index in [1.165, 1.54) is 12.1 Å². The minimum atomic E-state index is -0.539. The lowest BCUT2D eigenvalue weighted by molar-refractivity contribution is -0.134. The monoisotopic (exact) mass is 399 g/mol. The number of amides is 2. The first-order chi connectivity index (χ1) is 14.0. The maximum absolute atomic E-state index is 13.3. The highest BCUT2D eigenvalue weighted by Crippen LogP contribution is 2.17. The van der Waals surface area contributed by atoms with Crippen molar-refractivity contribution in [3.05, 3.63) is 65.5 Å². The Morgan fingerprint density at radius 1 is 1.24 bits per heavy atom. The molecule has 2 aromatic rings. The predicted octanol–water partition coefficient (Wildman–Crippen LogP) is 2.23. The lowest BCUT2D eigenvalue weighted by atomic mass is 10.1. The van der Waals surface area contributed by atoms with E-state index in [4.69, 9.17) is 4.74 Å². The summed E-state index contributed by atoms with van der Waals surface area (Å²) in [7, 11) is 0. The van der Waals surface area contributed by atoms with Crippen LogP contribution in [-0.2, 0) is 22.7 Å². The molecule has 1 fully saturated rings. The van der Waals surface area contributed by atoms with Gasteiger partial charge in [-0.2, -0.15) is 0 Å². The summed E-state index contributed by atoms with van der Waals surface area (Å²) in [6, 6.07) is 13.3. The molecule has 7 heteroatoms. The highest BCUT2D eigenvalue weighted by molar-refractivity contribution is 5.88. The van der Waals surface area contributed by atoms with Gasteiger partial charge in [-0.1, -0.05) is 24.3 Å². The third-order valence-electron chi connectivity index (χ3n) is 4.82. The molecule has 154 valence electrons. The molecule has 0 aromatic heterocycles. The second-order valence-electron chi connectivity index (χ2n) is 6.97. The smallest absolute Gasteiger partial charge is 0.237 e. The first-order valence-corrected chi connectivity index (χ1v) is 9.80. The van der Waals surface area contributed by atoms with E-state index in [0.29, 0.717) is 31.8 Å². The molecule has 1 aliphatic heterocycles. The third-order valence-corrected chi connectivity index (χ3v) is 4.82. The van der Waals surface area contributed by atoms with Crippen LogP contribution in [-0.4, -0.2) is 42.5 Å². The number of hydrogen-bond acceptors (Lipinski definition) is 4. The summed E-state index contributed by atoms with van der Waals surface area (Å²) in [5.74, 6) is 0.0712. The zero-order chi connectivity index (χ0) is 20.6. The normalized spacial score (nSPS) is 16.9. The predicted molar refractivity (Wildman–Crippen MR) is 108 cm³/mol. The number of piperazine rings is 1. The van der Waals surface area contributed by atoms with E-state index in [-0.39, 0.29) is 30.6 Å². The molecule has 0 radical (unpaired) electrons. The number of hydrogen-bond donors (Lipinski definition) is 2. The Morgan fingerprint density at radius 2 is 2.03 bits per heavy atom. The van der Waals surface area contributed by atoms with Gasteiger partial charge in [-0.3, -0.25) is 14.5 Å². The summed E-state index contributed by atoms with van der Waals surface area (Å²) in [6.07, 6.45) is 0.0537. The molecule has 2 aromatic carbocycles. The molecular formula is C22H26FN3O3. The van der Waals surface area contributed by atoms with Crippen LogP contribution in [0.4, 0.5) is 4.39 Å². The van der Waals surface area contributed by atoms with Crippen LogP contribution in [0.25, 0.3) is 0 Å². The Hall–Kier alpha value is -2.93. The first kappa shape index (κ1) is 20.8.